The van der Waals surface area contributed by atoms with Crippen molar-refractivity contribution in [2.24, 2.45) is 11.8 Å². The van der Waals surface area contributed by atoms with Crippen molar-refractivity contribution in [3.05, 3.63) is 29.8 Å². The van der Waals surface area contributed by atoms with Crippen LogP contribution >= 0.6 is 0 Å². The van der Waals surface area contributed by atoms with E-state index < -0.39 is 0 Å². The molecular formula is C20H30N2O3. The van der Waals surface area contributed by atoms with Gasteiger partial charge in [-0.05, 0) is 61.8 Å². The molecule has 1 saturated heterocycles. The summed E-state index contributed by atoms with van der Waals surface area (Å²) in [6.45, 7) is 3.54. The van der Waals surface area contributed by atoms with Crippen LogP contribution in [0, 0.1) is 11.8 Å². The molecule has 0 radical (unpaired) electrons. The summed E-state index contributed by atoms with van der Waals surface area (Å²) >= 11 is 0. The van der Waals surface area contributed by atoms with E-state index in [2.05, 4.69) is 17.1 Å². The van der Waals surface area contributed by atoms with Gasteiger partial charge in [0.2, 0.25) is 5.91 Å². The maximum Gasteiger partial charge on any atom is 0.234 e. The zero-order valence-corrected chi connectivity index (χ0v) is 15.3. The molecule has 3 rings (SSSR count). The summed E-state index contributed by atoms with van der Waals surface area (Å²) in [5.74, 6) is 1.86. The first kappa shape index (κ1) is 18.2. The van der Waals surface area contributed by atoms with Crippen molar-refractivity contribution in [1.82, 2.24) is 10.2 Å². The highest BCUT2D eigenvalue weighted by atomic mass is 16.5. The smallest absolute Gasteiger partial charge is 0.234 e. The van der Waals surface area contributed by atoms with Gasteiger partial charge in [0, 0.05) is 6.04 Å². The number of amides is 1. The van der Waals surface area contributed by atoms with Crippen molar-refractivity contribution >= 4 is 5.91 Å². The molecule has 25 heavy (non-hydrogen) atoms. The fourth-order valence-corrected chi connectivity index (χ4v) is 3.94. The van der Waals surface area contributed by atoms with Crippen LogP contribution in [0.25, 0.3) is 0 Å². The lowest BCUT2D eigenvalue weighted by molar-refractivity contribution is -0.124. The van der Waals surface area contributed by atoms with Gasteiger partial charge in [-0.3, -0.25) is 9.69 Å². The Morgan fingerprint density at radius 2 is 2.04 bits per heavy atom. The van der Waals surface area contributed by atoms with E-state index in [1.807, 2.05) is 24.3 Å². The molecule has 2 N–H and O–H groups in total. The van der Waals surface area contributed by atoms with E-state index in [1.54, 1.807) is 7.11 Å². The third-order valence-corrected chi connectivity index (χ3v) is 5.65. The van der Waals surface area contributed by atoms with E-state index in [9.17, 15) is 9.90 Å². The summed E-state index contributed by atoms with van der Waals surface area (Å²) in [5, 5.41) is 12.9. The molecule has 1 aromatic rings. The minimum atomic E-state index is 0.0558. The third kappa shape index (κ3) is 4.53. The van der Waals surface area contributed by atoms with E-state index in [1.165, 1.54) is 0 Å². The molecule has 2 fully saturated rings. The Bertz CT molecular complexity index is 571. The number of aliphatic hydroxyl groups excluding tert-OH is 1. The second-order valence-corrected chi connectivity index (χ2v) is 7.50. The molecule has 2 aliphatic rings. The van der Waals surface area contributed by atoms with Crippen molar-refractivity contribution in [3.8, 4) is 5.75 Å². The molecule has 1 aliphatic heterocycles. The minimum absolute atomic E-state index is 0.0558. The molecule has 1 heterocycles. The number of ether oxygens (including phenoxy) is 1. The summed E-state index contributed by atoms with van der Waals surface area (Å²) in [7, 11) is 1.66. The predicted octanol–water partition coefficient (Wildman–Crippen LogP) is 2.36. The van der Waals surface area contributed by atoms with Gasteiger partial charge < -0.3 is 15.2 Å². The monoisotopic (exact) mass is 346 g/mol. The standard InChI is InChI=1S/C20H30N2O3/c1-14-4-3-11-22(18(14)13-23)12-19(24)21-20(15-5-6-15)16-7-9-17(25-2)10-8-16/h7-10,14-15,18,20,23H,3-6,11-13H2,1-2H3,(H,21,24). The average molecular weight is 346 g/mol. The highest BCUT2D eigenvalue weighted by Crippen LogP contribution is 2.41. The molecule has 1 amide bonds. The van der Waals surface area contributed by atoms with Crippen LogP contribution in [0.4, 0.5) is 0 Å². The summed E-state index contributed by atoms with van der Waals surface area (Å²) < 4.78 is 5.22. The maximum absolute atomic E-state index is 12.7. The number of likely N-dealkylation sites (tertiary alicyclic amines) is 1. The first-order chi connectivity index (χ1) is 12.1. The fraction of sp³-hybridized carbons (Fsp3) is 0.650. The Morgan fingerprint density at radius 1 is 1.32 bits per heavy atom. The number of aliphatic hydroxyl groups is 1. The largest absolute Gasteiger partial charge is 0.497 e. The van der Waals surface area contributed by atoms with Crippen molar-refractivity contribution in [1.29, 1.82) is 0 Å². The molecule has 1 aliphatic carbocycles. The normalized spacial score (nSPS) is 25.4. The number of piperidine rings is 1. The van der Waals surface area contributed by atoms with Crippen LogP contribution < -0.4 is 10.1 Å². The molecule has 5 nitrogen and oxygen atoms in total. The van der Waals surface area contributed by atoms with E-state index in [0.717, 1.165) is 43.5 Å². The van der Waals surface area contributed by atoms with Crippen LogP contribution in [0.3, 0.4) is 0 Å². The SMILES string of the molecule is COc1ccc(C(NC(=O)CN2CCCC(C)C2CO)C2CC2)cc1. The van der Waals surface area contributed by atoms with Crippen molar-refractivity contribution in [3.63, 3.8) is 0 Å². The number of methoxy groups -OCH3 is 1. The Hall–Kier alpha value is -1.59. The van der Waals surface area contributed by atoms with Crippen LogP contribution in [-0.2, 0) is 4.79 Å². The van der Waals surface area contributed by atoms with Gasteiger partial charge in [-0.1, -0.05) is 19.1 Å². The van der Waals surface area contributed by atoms with E-state index in [0.29, 0.717) is 18.4 Å². The lowest BCUT2D eigenvalue weighted by Gasteiger charge is -2.38. The zero-order chi connectivity index (χ0) is 17.8. The summed E-state index contributed by atoms with van der Waals surface area (Å²) in [5.41, 5.74) is 1.14. The van der Waals surface area contributed by atoms with Gasteiger partial charge >= 0.3 is 0 Å². The number of rotatable bonds is 7. The van der Waals surface area contributed by atoms with Crippen LogP contribution in [-0.4, -0.2) is 48.8 Å². The predicted molar refractivity (Wildman–Crippen MR) is 97.4 cm³/mol. The second-order valence-electron chi connectivity index (χ2n) is 7.50. The number of carbonyl (C=O) groups is 1. The summed E-state index contributed by atoms with van der Waals surface area (Å²) in [6.07, 6.45) is 4.54. The number of nitrogens with one attached hydrogen (secondary N) is 1. The number of hydrogen-bond donors (Lipinski definition) is 2. The Labute approximate surface area is 150 Å². The van der Waals surface area contributed by atoms with Crippen LogP contribution in [0.5, 0.6) is 5.75 Å². The maximum atomic E-state index is 12.7. The van der Waals surface area contributed by atoms with Gasteiger partial charge in [0.05, 0.1) is 26.3 Å². The molecule has 1 saturated carbocycles. The van der Waals surface area contributed by atoms with Gasteiger partial charge in [-0.2, -0.15) is 0 Å². The zero-order valence-electron chi connectivity index (χ0n) is 15.3. The highest BCUT2D eigenvalue weighted by molar-refractivity contribution is 5.78. The van der Waals surface area contributed by atoms with E-state index in [4.69, 9.17) is 4.74 Å². The lowest BCUT2D eigenvalue weighted by atomic mass is 9.91. The number of carbonyl (C=O) groups excluding carboxylic acids is 1. The Kier molecular flexibility index (Phi) is 5.97. The highest BCUT2D eigenvalue weighted by Gasteiger charge is 2.35. The number of benzene rings is 1. The molecule has 3 atom stereocenters. The quantitative estimate of drug-likeness (QED) is 0.796. The first-order valence-electron chi connectivity index (χ1n) is 9.40. The Morgan fingerprint density at radius 3 is 2.64 bits per heavy atom. The van der Waals surface area contributed by atoms with Gasteiger partial charge in [-0.15, -0.1) is 0 Å². The first-order valence-corrected chi connectivity index (χ1v) is 9.40. The molecule has 3 unspecified atom stereocenters. The molecule has 0 spiro atoms. The molecule has 138 valence electrons. The van der Waals surface area contributed by atoms with Crippen molar-refractivity contribution in [2.45, 2.75) is 44.7 Å². The fourth-order valence-electron chi connectivity index (χ4n) is 3.94. The van der Waals surface area contributed by atoms with Crippen LogP contribution in [0.2, 0.25) is 0 Å². The van der Waals surface area contributed by atoms with Gasteiger partial charge in [-0.25, -0.2) is 0 Å². The summed E-state index contributed by atoms with van der Waals surface area (Å²) in [4.78, 5) is 14.8. The molecule has 0 aromatic heterocycles. The van der Waals surface area contributed by atoms with Gasteiger partial charge in [0.1, 0.15) is 5.75 Å². The van der Waals surface area contributed by atoms with E-state index in [-0.39, 0.29) is 24.6 Å². The summed E-state index contributed by atoms with van der Waals surface area (Å²) in [6, 6.07) is 8.16. The van der Waals surface area contributed by atoms with E-state index >= 15 is 0 Å². The number of nitrogens with zero attached hydrogens (tertiary/aromatic N) is 1. The number of hydrogen-bond acceptors (Lipinski definition) is 4. The molecular weight excluding hydrogens is 316 g/mol. The topological polar surface area (TPSA) is 61.8 Å². The molecule has 5 heteroatoms. The third-order valence-electron chi connectivity index (χ3n) is 5.65. The minimum Gasteiger partial charge on any atom is -0.497 e. The van der Waals surface area contributed by atoms with Crippen LogP contribution in [0.1, 0.15) is 44.2 Å². The van der Waals surface area contributed by atoms with Crippen LogP contribution in [0.15, 0.2) is 24.3 Å². The lowest BCUT2D eigenvalue weighted by Crippen LogP contribution is -2.50. The molecule has 1 aromatic carbocycles. The van der Waals surface area contributed by atoms with Crippen molar-refractivity contribution < 1.29 is 14.6 Å². The molecule has 0 bridgehead atoms. The Balaban J connectivity index is 1.62. The van der Waals surface area contributed by atoms with Crippen molar-refractivity contribution in [2.75, 3.05) is 26.8 Å². The average Bonchev–Trinajstić information content (AvgIpc) is 3.45. The van der Waals surface area contributed by atoms with Gasteiger partial charge in [0.15, 0.2) is 0 Å². The second kappa shape index (κ2) is 8.19. The van der Waals surface area contributed by atoms with Gasteiger partial charge in [0.25, 0.3) is 0 Å².